The lowest BCUT2D eigenvalue weighted by molar-refractivity contribution is -0.384. The minimum absolute atomic E-state index is 0. The Morgan fingerprint density at radius 1 is 1.36 bits per heavy atom. The van der Waals surface area contributed by atoms with Crippen molar-refractivity contribution in [2.75, 3.05) is 5.75 Å². The number of benzene rings is 1. The molecule has 0 amide bonds. The van der Waals surface area contributed by atoms with Crippen molar-refractivity contribution in [3.8, 4) is 0 Å². The normalized spacial score (nSPS) is 13.0. The van der Waals surface area contributed by atoms with Gasteiger partial charge in [0.05, 0.1) is 16.3 Å². The molecule has 1 aliphatic rings. The third-order valence-corrected chi connectivity index (χ3v) is 4.23. The number of rotatable bonds is 4. The van der Waals surface area contributed by atoms with E-state index >= 15 is 0 Å². The van der Waals surface area contributed by atoms with Crippen molar-refractivity contribution in [2.45, 2.75) is 24.8 Å². The van der Waals surface area contributed by atoms with E-state index in [0.29, 0.717) is 5.75 Å². The molecule has 0 atom stereocenters. The average molecular weight is 384 g/mol. The van der Waals surface area contributed by atoms with Gasteiger partial charge in [-0.1, -0.05) is 25.1 Å². The first kappa shape index (κ1) is 16.6. The van der Waals surface area contributed by atoms with Gasteiger partial charge in [-0.15, -0.1) is 26.9 Å². The maximum absolute atomic E-state index is 10.7. The van der Waals surface area contributed by atoms with Gasteiger partial charge >= 0.3 is 0 Å². The van der Waals surface area contributed by atoms with Crippen LogP contribution in [0, 0.1) is 10.1 Å². The van der Waals surface area contributed by atoms with Crippen molar-refractivity contribution >= 4 is 40.1 Å². The minimum Gasteiger partial charge on any atom is -0.258 e. The van der Waals surface area contributed by atoms with Crippen molar-refractivity contribution in [1.29, 1.82) is 0 Å². The first-order valence-corrected chi connectivity index (χ1v) is 7.57. The van der Waals surface area contributed by atoms with Gasteiger partial charge in [0.1, 0.15) is 5.03 Å². The maximum Gasteiger partial charge on any atom is 0.269 e. The predicted octanol–water partition coefficient (Wildman–Crippen LogP) is 3.07. The Kier molecular flexibility index (Phi) is 5.30. The van der Waals surface area contributed by atoms with Crippen LogP contribution in [0.15, 0.2) is 34.4 Å². The van der Waals surface area contributed by atoms with Crippen molar-refractivity contribution in [2.24, 2.45) is 5.10 Å². The summed E-state index contributed by atoms with van der Waals surface area (Å²) in [4.78, 5) is 11.8. The molecule has 1 aromatic heterocycles. The fraction of sp³-hybridized carbons (Fsp3) is 0.308. The summed E-state index contributed by atoms with van der Waals surface area (Å²) in [6.45, 7) is 2.10. The molecule has 0 fully saturated rings. The van der Waals surface area contributed by atoms with E-state index in [1.54, 1.807) is 28.7 Å². The molecule has 0 saturated carbocycles. The zero-order valence-corrected chi connectivity index (χ0v) is 14.3. The lowest BCUT2D eigenvalue weighted by Gasteiger charge is -2.12. The van der Waals surface area contributed by atoms with Crippen molar-refractivity contribution in [1.82, 2.24) is 15.1 Å². The molecule has 0 spiro atoms. The first-order chi connectivity index (χ1) is 10.2. The van der Waals surface area contributed by atoms with Gasteiger partial charge in [-0.2, -0.15) is 5.10 Å². The largest absolute Gasteiger partial charge is 0.269 e. The SMILES string of the molecule is Br.CCCc1nnn2c1SCC(c1ccc([N+](=O)[O-])cc1)=N2. The van der Waals surface area contributed by atoms with E-state index in [-0.39, 0.29) is 22.7 Å². The molecular weight excluding hydrogens is 370 g/mol. The predicted molar refractivity (Wildman–Crippen MR) is 90.1 cm³/mol. The molecular formula is C13H14BrN5O2S. The molecule has 2 heterocycles. The summed E-state index contributed by atoms with van der Waals surface area (Å²) in [5, 5.41) is 24.3. The molecule has 9 heteroatoms. The van der Waals surface area contributed by atoms with Crippen LogP contribution in [0.25, 0.3) is 0 Å². The summed E-state index contributed by atoms with van der Waals surface area (Å²) in [6, 6.07) is 6.41. The third kappa shape index (κ3) is 3.20. The van der Waals surface area contributed by atoms with Gasteiger partial charge < -0.3 is 0 Å². The fourth-order valence-electron chi connectivity index (χ4n) is 2.09. The summed E-state index contributed by atoms with van der Waals surface area (Å²) in [5.41, 5.74) is 2.77. The summed E-state index contributed by atoms with van der Waals surface area (Å²) >= 11 is 1.65. The number of fused-ring (bicyclic) bond motifs is 1. The molecule has 0 aliphatic carbocycles. The van der Waals surface area contributed by atoms with Gasteiger partial charge in [-0.25, -0.2) is 0 Å². The van der Waals surface area contributed by atoms with Crippen LogP contribution < -0.4 is 0 Å². The van der Waals surface area contributed by atoms with E-state index < -0.39 is 4.92 Å². The van der Waals surface area contributed by atoms with Gasteiger partial charge in [0.15, 0.2) is 0 Å². The average Bonchev–Trinajstić information content (AvgIpc) is 2.90. The van der Waals surface area contributed by atoms with E-state index in [1.807, 2.05) is 0 Å². The highest BCUT2D eigenvalue weighted by molar-refractivity contribution is 8.93. The molecule has 0 radical (unpaired) electrons. The Hall–Kier alpha value is -1.74. The summed E-state index contributed by atoms with van der Waals surface area (Å²) < 4.78 is 0. The molecule has 1 aliphatic heterocycles. The lowest BCUT2D eigenvalue weighted by atomic mass is 10.1. The van der Waals surface area contributed by atoms with Crippen LogP contribution >= 0.6 is 28.7 Å². The molecule has 7 nitrogen and oxygen atoms in total. The van der Waals surface area contributed by atoms with E-state index in [0.717, 1.165) is 34.8 Å². The molecule has 1 aromatic carbocycles. The number of thioether (sulfide) groups is 1. The minimum atomic E-state index is -0.409. The monoisotopic (exact) mass is 383 g/mol. The quantitative estimate of drug-likeness (QED) is 0.597. The highest BCUT2D eigenvalue weighted by Crippen LogP contribution is 2.27. The number of aromatic nitrogens is 3. The van der Waals surface area contributed by atoms with Gasteiger partial charge in [0, 0.05) is 17.9 Å². The number of nitrogens with zero attached hydrogens (tertiary/aromatic N) is 5. The smallest absolute Gasteiger partial charge is 0.258 e. The number of hydrogen-bond donors (Lipinski definition) is 0. The molecule has 116 valence electrons. The fourth-order valence-corrected chi connectivity index (χ4v) is 3.09. The van der Waals surface area contributed by atoms with Gasteiger partial charge in [0.25, 0.3) is 5.69 Å². The van der Waals surface area contributed by atoms with Crippen LogP contribution in [0.5, 0.6) is 0 Å². The first-order valence-electron chi connectivity index (χ1n) is 6.59. The molecule has 0 N–H and O–H groups in total. The highest BCUT2D eigenvalue weighted by atomic mass is 79.9. The van der Waals surface area contributed by atoms with Crippen LogP contribution in [0.3, 0.4) is 0 Å². The Morgan fingerprint density at radius 2 is 2.09 bits per heavy atom. The van der Waals surface area contributed by atoms with Crippen molar-refractivity contribution in [3.05, 3.63) is 45.6 Å². The standard InChI is InChI=1S/C13H13N5O2S.BrH/c1-2-3-11-13-17(16-14-11)15-12(8-21-13)9-4-6-10(7-5-9)18(19)20;/h4-7H,2-3,8H2,1H3;1H. The topological polar surface area (TPSA) is 86.2 Å². The second-order valence-electron chi connectivity index (χ2n) is 4.62. The van der Waals surface area contributed by atoms with E-state index in [9.17, 15) is 10.1 Å². The highest BCUT2D eigenvalue weighted by Gasteiger charge is 2.20. The third-order valence-electron chi connectivity index (χ3n) is 3.14. The van der Waals surface area contributed by atoms with Crippen LogP contribution in [0.1, 0.15) is 24.6 Å². The van der Waals surface area contributed by atoms with E-state index in [4.69, 9.17) is 0 Å². The number of nitro groups is 1. The summed E-state index contributed by atoms with van der Waals surface area (Å²) in [6.07, 6.45) is 1.91. The van der Waals surface area contributed by atoms with Gasteiger partial charge in [-0.05, 0) is 29.3 Å². The van der Waals surface area contributed by atoms with Crippen LogP contribution in [-0.2, 0) is 6.42 Å². The molecule has 2 aromatic rings. The molecule has 0 unspecified atom stereocenters. The van der Waals surface area contributed by atoms with Gasteiger partial charge in [-0.3, -0.25) is 10.1 Å². The number of non-ortho nitro benzene ring substituents is 1. The van der Waals surface area contributed by atoms with E-state index in [2.05, 4.69) is 22.3 Å². The van der Waals surface area contributed by atoms with E-state index in [1.165, 1.54) is 12.1 Å². The summed E-state index contributed by atoms with van der Waals surface area (Å²) in [5.74, 6) is 0.710. The number of halogens is 1. The maximum atomic E-state index is 10.7. The molecule has 3 rings (SSSR count). The van der Waals surface area contributed by atoms with Crippen molar-refractivity contribution < 1.29 is 4.92 Å². The second kappa shape index (κ2) is 7.01. The molecule has 0 bridgehead atoms. The molecule has 22 heavy (non-hydrogen) atoms. The molecule has 0 saturated heterocycles. The number of aryl methyl sites for hydroxylation is 1. The number of nitro benzene ring substituents is 1. The Labute approximate surface area is 141 Å². The second-order valence-corrected chi connectivity index (χ2v) is 5.58. The Morgan fingerprint density at radius 3 is 2.73 bits per heavy atom. The van der Waals surface area contributed by atoms with Gasteiger partial charge in [0.2, 0.25) is 0 Å². The van der Waals surface area contributed by atoms with Crippen LogP contribution in [0.2, 0.25) is 0 Å². The lowest BCUT2D eigenvalue weighted by Crippen LogP contribution is -2.14. The Bertz CT molecular complexity index is 714. The summed E-state index contributed by atoms with van der Waals surface area (Å²) in [7, 11) is 0. The zero-order chi connectivity index (χ0) is 14.8. The number of hydrogen-bond acceptors (Lipinski definition) is 6. The van der Waals surface area contributed by atoms with Crippen LogP contribution in [0.4, 0.5) is 5.69 Å². The van der Waals surface area contributed by atoms with Crippen molar-refractivity contribution in [3.63, 3.8) is 0 Å². The van der Waals surface area contributed by atoms with Crippen LogP contribution in [-0.4, -0.2) is 31.5 Å². The zero-order valence-electron chi connectivity index (χ0n) is 11.8. The Balaban J connectivity index is 0.00000176.